The molecule has 2 aliphatic heterocycles. The fourth-order valence-corrected chi connectivity index (χ4v) is 5.48. The number of likely N-dealkylation sites (tertiary alicyclic amines) is 1. The molecule has 0 aliphatic carbocycles. The Balaban J connectivity index is 1.61. The molecular weight excluding hydrogens is 422 g/mol. The average Bonchev–Trinajstić information content (AvgIpc) is 2.83. The second-order valence-corrected chi connectivity index (χ2v) is 10.2. The largest absolute Gasteiger partial charge is 0.508 e. The van der Waals surface area contributed by atoms with Crippen molar-refractivity contribution in [3.05, 3.63) is 77.9 Å². The van der Waals surface area contributed by atoms with E-state index in [1.807, 2.05) is 35.2 Å². The third-order valence-electron chi connectivity index (χ3n) is 7.59. The van der Waals surface area contributed by atoms with E-state index in [1.54, 1.807) is 6.07 Å². The molecule has 3 atom stereocenters. The Labute approximate surface area is 204 Å². The molecule has 182 valence electrons. The maximum Gasteiger partial charge on any atom is 0.253 e. The van der Waals surface area contributed by atoms with Crippen molar-refractivity contribution in [3.63, 3.8) is 0 Å². The Morgan fingerprint density at radius 1 is 1.03 bits per heavy atom. The van der Waals surface area contributed by atoms with Crippen molar-refractivity contribution in [3.8, 4) is 5.75 Å². The number of aromatic hydroxyl groups is 1. The zero-order chi connectivity index (χ0) is 24.2. The smallest absolute Gasteiger partial charge is 0.253 e. The number of carbonyl (C=O) groups is 1. The van der Waals surface area contributed by atoms with Gasteiger partial charge >= 0.3 is 0 Å². The highest BCUT2D eigenvalue weighted by Crippen LogP contribution is 2.34. The molecule has 4 rings (SSSR count). The summed E-state index contributed by atoms with van der Waals surface area (Å²) in [5.41, 5.74) is 2.97. The van der Waals surface area contributed by atoms with Crippen LogP contribution in [0.4, 0.5) is 0 Å². The Morgan fingerprint density at radius 2 is 1.74 bits per heavy atom. The molecule has 34 heavy (non-hydrogen) atoms. The van der Waals surface area contributed by atoms with Crippen LogP contribution in [-0.2, 0) is 0 Å². The van der Waals surface area contributed by atoms with E-state index in [-0.39, 0.29) is 17.7 Å². The van der Waals surface area contributed by atoms with Crippen molar-refractivity contribution in [1.82, 2.24) is 14.7 Å². The van der Waals surface area contributed by atoms with Crippen LogP contribution < -0.4 is 0 Å². The summed E-state index contributed by atoms with van der Waals surface area (Å²) in [4.78, 5) is 20.1. The Hall–Kier alpha value is -2.63. The van der Waals surface area contributed by atoms with Gasteiger partial charge in [-0.1, -0.05) is 37.3 Å². The van der Waals surface area contributed by atoms with E-state index < -0.39 is 0 Å². The lowest BCUT2D eigenvalue weighted by Gasteiger charge is -2.47. The normalized spacial score (nSPS) is 23.6. The van der Waals surface area contributed by atoms with E-state index in [9.17, 15) is 9.90 Å². The van der Waals surface area contributed by atoms with E-state index in [2.05, 4.69) is 55.3 Å². The van der Waals surface area contributed by atoms with Gasteiger partial charge in [0.2, 0.25) is 0 Å². The molecule has 0 unspecified atom stereocenters. The lowest BCUT2D eigenvalue weighted by Crippen LogP contribution is -2.57. The second kappa shape index (κ2) is 10.7. The quantitative estimate of drug-likeness (QED) is 0.620. The number of piperidine rings is 1. The first kappa shape index (κ1) is 24.5. The first-order valence-corrected chi connectivity index (χ1v) is 12.7. The van der Waals surface area contributed by atoms with Crippen molar-refractivity contribution >= 4 is 5.91 Å². The summed E-state index contributed by atoms with van der Waals surface area (Å²) in [7, 11) is 0. The predicted octanol–water partition coefficient (Wildman–Crippen LogP) is 4.93. The molecule has 2 heterocycles. The summed E-state index contributed by atoms with van der Waals surface area (Å²) in [5.74, 6) is 1.11. The predicted molar refractivity (Wildman–Crippen MR) is 138 cm³/mol. The van der Waals surface area contributed by atoms with E-state index in [1.165, 1.54) is 0 Å². The maximum absolute atomic E-state index is 13.1. The van der Waals surface area contributed by atoms with Gasteiger partial charge in [-0.15, -0.1) is 6.58 Å². The van der Waals surface area contributed by atoms with Crippen LogP contribution in [0.3, 0.4) is 0 Å². The van der Waals surface area contributed by atoms with Crippen LogP contribution in [0.2, 0.25) is 0 Å². The van der Waals surface area contributed by atoms with Crippen LogP contribution in [0, 0.1) is 5.92 Å². The van der Waals surface area contributed by atoms with Gasteiger partial charge < -0.3 is 10.0 Å². The average molecular weight is 462 g/mol. The molecule has 0 saturated carbocycles. The van der Waals surface area contributed by atoms with Gasteiger partial charge in [0.25, 0.3) is 5.91 Å². The highest BCUT2D eigenvalue weighted by Gasteiger charge is 2.34. The first-order valence-electron chi connectivity index (χ1n) is 12.7. The number of hydrogen-bond acceptors (Lipinski definition) is 4. The fourth-order valence-electron chi connectivity index (χ4n) is 5.48. The summed E-state index contributed by atoms with van der Waals surface area (Å²) in [5, 5.41) is 10.2. The number of carbonyl (C=O) groups excluding carboxylic acids is 1. The third kappa shape index (κ3) is 5.37. The maximum atomic E-state index is 13.1. The third-order valence-corrected chi connectivity index (χ3v) is 7.59. The zero-order valence-electron chi connectivity index (χ0n) is 20.9. The summed E-state index contributed by atoms with van der Waals surface area (Å²) >= 11 is 0. The Bertz CT molecular complexity index is 981. The lowest BCUT2D eigenvalue weighted by molar-refractivity contribution is 0.0306. The molecule has 2 aromatic rings. The number of phenolic OH excluding ortho intramolecular Hbond substituents is 1. The topological polar surface area (TPSA) is 47.0 Å². The standard InChI is InChI=1S/C29H39N3O2/c1-5-15-31-19-23(4)32(20-22(31)3)28(26-7-6-8-27(33)18-26)24-9-11-25(12-10-24)29(34)30-16-13-21(2)14-17-30/h5-12,18,21-23,28,33H,1,13-17,19-20H2,2-4H3/t22-,23+,28-/m1/s1. The molecule has 0 spiro atoms. The van der Waals surface area contributed by atoms with Crippen molar-refractivity contribution < 1.29 is 9.90 Å². The van der Waals surface area contributed by atoms with Gasteiger partial charge in [0.15, 0.2) is 0 Å². The molecule has 1 amide bonds. The number of benzene rings is 2. The van der Waals surface area contributed by atoms with Gasteiger partial charge in [-0.25, -0.2) is 0 Å². The molecule has 2 fully saturated rings. The number of amides is 1. The first-order chi connectivity index (χ1) is 16.4. The number of nitrogens with zero attached hydrogens (tertiary/aromatic N) is 3. The summed E-state index contributed by atoms with van der Waals surface area (Å²) in [6, 6.07) is 16.5. The van der Waals surface area contributed by atoms with E-state index >= 15 is 0 Å². The second-order valence-electron chi connectivity index (χ2n) is 10.2. The monoisotopic (exact) mass is 461 g/mol. The highest BCUT2D eigenvalue weighted by atomic mass is 16.3. The highest BCUT2D eigenvalue weighted by molar-refractivity contribution is 5.94. The van der Waals surface area contributed by atoms with Crippen molar-refractivity contribution in [1.29, 1.82) is 0 Å². The van der Waals surface area contributed by atoms with E-state index in [4.69, 9.17) is 0 Å². The SMILES string of the molecule is C=CCN1C[C@H](C)N([C@H](c2ccc(C(=O)N3CCC(C)CC3)cc2)c2cccc(O)c2)C[C@H]1C. The Morgan fingerprint density at radius 3 is 2.38 bits per heavy atom. The number of piperazine rings is 1. The molecule has 2 aliphatic rings. The molecule has 1 N–H and O–H groups in total. The molecule has 5 nitrogen and oxygen atoms in total. The minimum absolute atomic E-state index is 0.00965. The lowest BCUT2D eigenvalue weighted by atomic mass is 9.92. The summed E-state index contributed by atoms with van der Waals surface area (Å²) in [6.45, 7) is 15.2. The van der Waals surface area contributed by atoms with Crippen molar-refractivity contribution in [2.45, 2.75) is 51.7 Å². The molecular formula is C29H39N3O2. The van der Waals surface area contributed by atoms with Crippen molar-refractivity contribution in [2.75, 3.05) is 32.7 Å². The minimum Gasteiger partial charge on any atom is -0.508 e. The molecule has 0 bridgehead atoms. The summed E-state index contributed by atoms with van der Waals surface area (Å²) in [6.07, 6.45) is 4.14. The molecule has 0 aromatic heterocycles. The van der Waals surface area contributed by atoms with Gasteiger partial charge in [0, 0.05) is 50.4 Å². The van der Waals surface area contributed by atoms with Gasteiger partial charge in [-0.3, -0.25) is 14.6 Å². The van der Waals surface area contributed by atoms with Gasteiger partial charge in [0.1, 0.15) is 5.75 Å². The number of phenols is 1. The van der Waals surface area contributed by atoms with Crippen LogP contribution in [0.15, 0.2) is 61.2 Å². The van der Waals surface area contributed by atoms with Gasteiger partial charge in [-0.05, 0) is 68.0 Å². The van der Waals surface area contributed by atoms with Crippen LogP contribution in [0.5, 0.6) is 5.75 Å². The van der Waals surface area contributed by atoms with Crippen LogP contribution in [-0.4, -0.2) is 70.5 Å². The van der Waals surface area contributed by atoms with Crippen molar-refractivity contribution in [2.24, 2.45) is 5.92 Å². The minimum atomic E-state index is 0.00965. The zero-order valence-corrected chi connectivity index (χ0v) is 20.9. The number of hydrogen-bond donors (Lipinski definition) is 1. The van der Waals surface area contributed by atoms with E-state index in [0.29, 0.717) is 18.0 Å². The van der Waals surface area contributed by atoms with Gasteiger partial charge in [-0.2, -0.15) is 0 Å². The molecule has 2 aromatic carbocycles. The van der Waals surface area contributed by atoms with Gasteiger partial charge in [0.05, 0.1) is 6.04 Å². The molecule has 0 radical (unpaired) electrons. The summed E-state index contributed by atoms with van der Waals surface area (Å²) < 4.78 is 0. The fraction of sp³-hybridized carbons (Fsp3) is 0.483. The molecule has 5 heteroatoms. The molecule has 2 saturated heterocycles. The Kier molecular flexibility index (Phi) is 7.74. The van der Waals surface area contributed by atoms with Crippen LogP contribution in [0.1, 0.15) is 61.1 Å². The van der Waals surface area contributed by atoms with Crippen LogP contribution >= 0.6 is 0 Å². The van der Waals surface area contributed by atoms with Crippen LogP contribution in [0.25, 0.3) is 0 Å². The van der Waals surface area contributed by atoms with E-state index in [0.717, 1.165) is 62.3 Å². The number of rotatable bonds is 6.